The van der Waals surface area contributed by atoms with Crippen LogP contribution in [0.1, 0.15) is 31.9 Å². The lowest BCUT2D eigenvalue weighted by Gasteiger charge is -2.16. The van der Waals surface area contributed by atoms with Crippen LogP contribution in [0.15, 0.2) is 17.8 Å². The van der Waals surface area contributed by atoms with Crippen molar-refractivity contribution in [3.63, 3.8) is 0 Å². The van der Waals surface area contributed by atoms with Gasteiger partial charge in [0, 0.05) is 23.8 Å². The molecule has 17 heavy (non-hydrogen) atoms. The first kappa shape index (κ1) is 11.2. The third-order valence-corrected chi connectivity index (χ3v) is 4.28. The molecule has 3 rings (SSSR count). The summed E-state index contributed by atoms with van der Waals surface area (Å²) >= 11 is 1.71. The van der Waals surface area contributed by atoms with E-state index in [-0.39, 0.29) is 0 Å². The zero-order valence-corrected chi connectivity index (χ0v) is 11.0. The Bertz CT molecular complexity index is 455. The standard InChI is InChI=1S/C13H19N3S/c1-2-14-12(10-3-4-10)6-5-11-9-16-7-8-17-13(16)15-11/h7-10,12,14H,2-6H2,1H3. The van der Waals surface area contributed by atoms with Crippen molar-refractivity contribution in [2.45, 2.75) is 38.6 Å². The lowest BCUT2D eigenvalue weighted by atomic mass is 10.1. The molecule has 2 aromatic heterocycles. The Balaban J connectivity index is 1.60. The molecule has 0 radical (unpaired) electrons. The monoisotopic (exact) mass is 249 g/mol. The molecule has 0 saturated heterocycles. The van der Waals surface area contributed by atoms with E-state index in [0.29, 0.717) is 6.04 Å². The first-order valence-corrected chi connectivity index (χ1v) is 7.39. The van der Waals surface area contributed by atoms with Gasteiger partial charge < -0.3 is 5.32 Å². The maximum Gasteiger partial charge on any atom is 0.193 e. The van der Waals surface area contributed by atoms with Gasteiger partial charge in [-0.25, -0.2) is 4.98 Å². The molecule has 4 heteroatoms. The third kappa shape index (κ3) is 2.53. The van der Waals surface area contributed by atoms with Crippen molar-refractivity contribution >= 4 is 16.3 Å². The van der Waals surface area contributed by atoms with Crippen molar-refractivity contribution in [2.75, 3.05) is 6.54 Å². The van der Waals surface area contributed by atoms with Crippen LogP contribution in [-0.4, -0.2) is 22.0 Å². The van der Waals surface area contributed by atoms with E-state index in [1.165, 1.54) is 25.0 Å². The third-order valence-electron chi connectivity index (χ3n) is 3.51. The normalized spacial score (nSPS) is 17.7. The number of aromatic nitrogens is 2. The van der Waals surface area contributed by atoms with Crippen molar-refractivity contribution in [3.05, 3.63) is 23.5 Å². The van der Waals surface area contributed by atoms with E-state index in [4.69, 9.17) is 0 Å². The Morgan fingerprint density at radius 1 is 1.59 bits per heavy atom. The Hall–Kier alpha value is -0.870. The molecule has 2 aromatic rings. The molecule has 1 aliphatic carbocycles. The Labute approximate surface area is 106 Å². The van der Waals surface area contributed by atoms with Crippen LogP contribution in [0.5, 0.6) is 0 Å². The second-order valence-electron chi connectivity index (χ2n) is 4.87. The molecule has 2 heterocycles. The average Bonchev–Trinajstić information content (AvgIpc) is 2.94. The Morgan fingerprint density at radius 2 is 2.47 bits per heavy atom. The predicted molar refractivity (Wildman–Crippen MR) is 71.6 cm³/mol. The maximum atomic E-state index is 4.64. The lowest BCUT2D eigenvalue weighted by Crippen LogP contribution is -2.31. The summed E-state index contributed by atoms with van der Waals surface area (Å²) in [6, 6.07) is 0.708. The predicted octanol–water partition coefficient (Wildman–Crippen LogP) is 2.72. The number of nitrogens with one attached hydrogen (secondary N) is 1. The minimum atomic E-state index is 0.708. The average molecular weight is 249 g/mol. The molecule has 1 fully saturated rings. The van der Waals surface area contributed by atoms with Gasteiger partial charge in [0.1, 0.15) is 0 Å². The van der Waals surface area contributed by atoms with E-state index in [9.17, 15) is 0 Å². The van der Waals surface area contributed by atoms with Crippen LogP contribution >= 0.6 is 11.3 Å². The van der Waals surface area contributed by atoms with Crippen LogP contribution < -0.4 is 5.32 Å². The summed E-state index contributed by atoms with van der Waals surface area (Å²) in [6.45, 7) is 3.28. The summed E-state index contributed by atoms with van der Waals surface area (Å²) < 4.78 is 2.12. The second-order valence-corrected chi connectivity index (χ2v) is 5.74. The molecule has 0 spiro atoms. The largest absolute Gasteiger partial charge is 0.314 e. The molecule has 1 saturated carbocycles. The summed E-state index contributed by atoms with van der Waals surface area (Å²) in [6.07, 6.45) is 9.40. The lowest BCUT2D eigenvalue weighted by molar-refractivity contribution is 0.445. The number of rotatable bonds is 6. The van der Waals surface area contributed by atoms with E-state index in [0.717, 1.165) is 23.8 Å². The highest BCUT2D eigenvalue weighted by atomic mass is 32.1. The minimum absolute atomic E-state index is 0.708. The van der Waals surface area contributed by atoms with Crippen LogP contribution in [0.25, 0.3) is 4.96 Å². The fourth-order valence-electron chi connectivity index (χ4n) is 2.47. The number of nitrogens with zero attached hydrogens (tertiary/aromatic N) is 2. The molecule has 0 amide bonds. The van der Waals surface area contributed by atoms with Crippen molar-refractivity contribution in [1.29, 1.82) is 0 Å². The van der Waals surface area contributed by atoms with E-state index < -0.39 is 0 Å². The number of fused-ring (bicyclic) bond motifs is 1. The van der Waals surface area contributed by atoms with Crippen LogP contribution in [0.3, 0.4) is 0 Å². The second kappa shape index (κ2) is 4.78. The summed E-state index contributed by atoms with van der Waals surface area (Å²) in [5.41, 5.74) is 1.24. The molecule has 1 atom stereocenters. The molecule has 0 aliphatic heterocycles. The molecule has 1 N–H and O–H groups in total. The van der Waals surface area contributed by atoms with Gasteiger partial charge in [-0.15, -0.1) is 11.3 Å². The first-order valence-electron chi connectivity index (χ1n) is 6.51. The zero-order chi connectivity index (χ0) is 11.7. The number of imidazole rings is 1. The Kier molecular flexibility index (Phi) is 3.16. The van der Waals surface area contributed by atoms with Gasteiger partial charge in [0.05, 0.1) is 5.69 Å². The SMILES string of the molecule is CCNC(CCc1cn2ccsc2n1)C1CC1. The van der Waals surface area contributed by atoms with E-state index in [1.54, 1.807) is 11.3 Å². The molecule has 0 aromatic carbocycles. The topological polar surface area (TPSA) is 29.3 Å². The van der Waals surface area contributed by atoms with Gasteiger partial charge in [0.25, 0.3) is 0 Å². The van der Waals surface area contributed by atoms with E-state index in [2.05, 4.69) is 39.4 Å². The Morgan fingerprint density at radius 3 is 3.18 bits per heavy atom. The number of hydrogen-bond acceptors (Lipinski definition) is 3. The maximum absolute atomic E-state index is 4.64. The van der Waals surface area contributed by atoms with Crippen molar-refractivity contribution in [2.24, 2.45) is 5.92 Å². The van der Waals surface area contributed by atoms with Gasteiger partial charge in [0.15, 0.2) is 4.96 Å². The zero-order valence-electron chi connectivity index (χ0n) is 10.2. The van der Waals surface area contributed by atoms with Crippen LogP contribution in [0.2, 0.25) is 0 Å². The molecule has 1 aliphatic rings. The highest BCUT2D eigenvalue weighted by molar-refractivity contribution is 7.15. The summed E-state index contributed by atoms with van der Waals surface area (Å²) in [4.78, 5) is 5.76. The van der Waals surface area contributed by atoms with E-state index in [1.807, 2.05) is 0 Å². The van der Waals surface area contributed by atoms with Crippen LogP contribution in [0, 0.1) is 5.92 Å². The van der Waals surface area contributed by atoms with Gasteiger partial charge in [-0.05, 0) is 38.1 Å². The highest BCUT2D eigenvalue weighted by Crippen LogP contribution is 2.34. The van der Waals surface area contributed by atoms with Gasteiger partial charge >= 0.3 is 0 Å². The van der Waals surface area contributed by atoms with Gasteiger partial charge in [-0.2, -0.15) is 0 Å². The summed E-state index contributed by atoms with van der Waals surface area (Å²) in [5, 5.41) is 5.69. The first-order chi connectivity index (χ1) is 8.36. The van der Waals surface area contributed by atoms with Gasteiger partial charge in [-0.3, -0.25) is 4.40 Å². The number of thiazole rings is 1. The molecule has 92 valence electrons. The molecule has 1 unspecified atom stereocenters. The van der Waals surface area contributed by atoms with E-state index >= 15 is 0 Å². The molecular formula is C13H19N3S. The van der Waals surface area contributed by atoms with Crippen LogP contribution in [0.4, 0.5) is 0 Å². The van der Waals surface area contributed by atoms with Crippen molar-refractivity contribution < 1.29 is 0 Å². The molecule has 3 nitrogen and oxygen atoms in total. The minimum Gasteiger partial charge on any atom is -0.314 e. The smallest absolute Gasteiger partial charge is 0.193 e. The quantitative estimate of drug-likeness (QED) is 0.853. The number of aryl methyl sites for hydroxylation is 1. The summed E-state index contributed by atoms with van der Waals surface area (Å²) in [7, 11) is 0. The van der Waals surface area contributed by atoms with Crippen molar-refractivity contribution in [3.8, 4) is 0 Å². The molecule has 0 bridgehead atoms. The summed E-state index contributed by atoms with van der Waals surface area (Å²) in [5.74, 6) is 0.929. The van der Waals surface area contributed by atoms with Crippen LogP contribution in [-0.2, 0) is 6.42 Å². The fraction of sp³-hybridized carbons (Fsp3) is 0.615. The molecular weight excluding hydrogens is 230 g/mol. The fourth-order valence-corrected chi connectivity index (χ4v) is 3.18. The highest BCUT2D eigenvalue weighted by Gasteiger charge is 2.30. The van der Waals surface area contributed by atoms with Crippen molar-refractivity contribution in [1.82, 2.24) is 14.7 Å². The van der Waals surface area contributed by atoms with Gasteiger partial charge in [0.2, 0.25) is 0 Å². The number of hydrogen-bond donors (Lipinski definition) is 1. The van der Waals surface area contributed by atoms with Gasteiger partial charge in [-0.1, -0.05) is 6.92 Å².